The van der Waals surface area contributed by atoms with Gasteiger partial charge < -0.3 is 40.1 Å². The zero-order chi connectivity index (χ0) is 41.0. The first-order chi connectivity index (χ1) is 28.6. The summed E-state index contributed by atoms with van der Waals surface area (Å²) in [5.74, 6) is 0.905. The number of anilines is 4. The van der Waals surface area contributed by atoms with Crippen molar-refractivity contribution < 1.29 is 19.1 Å². The second-order valence-electron chi connectivity index (χ2n) is 14.7. The topological polar surface area (TPSA) is 150 Å². The van der Waals surface area contributed by atoms with Crippen LogP contribution in [0.4, 0.5) is 23.3 Å². The van der Waals surface area contributed by atoms with Gasteiger partial charge in [-0.2, -0.15) is 0 Å². The number of aromatic nitrogens is 4. The second kappa shape index (κ2) is 17.8. The number of piperazine rings is 2. The molecule has 0 bridgehead atoms. The molecule has 2 aliphatic heterocycles. The minimum atomic E-state index is -1.46. The minimum Gasteiger partial charge on any atom is -0.476 e. The number of halogens is 2. The molecule has 2 aromatic heterocycles. The van der Waals surface area contributed by atoms with Gasteiger partial charge in [0.2, 0.25) is 24.1 Å². The van der Waals surface area contributed by atoms with Crippen molar-refractivity contribution in [3.8, 4) is 11.5 Å². The van der Waals surface area contributed by atoms with Crippen molar-refractivity contribution in [3.63, 3.8) is 0 Å². The van der Waals surface area contributed by atoms with E-state index in [1.165, 1.54) is 0 Å². The van der Waals surface area contributed by atoms with E-state index in [4.69, 9.17) is 29.4 Å². The Morgan fingerprint density at radius 2 is 1.03 bits per heavy atom. The Balaban J connectivity index is 1.10. The van der Waals surface area contributed by atoms with E-state index in [1.54, 1.807) is 60.7 Å². The third-order valence-electron chi connectivity index (χ3n) is 10.4. The molecule has 0 radical (unpaired) electrons. The van der Waals surface area contributed by atoms with Crippen LogP contribution in [0.5, 0.6) is 11.5 Å². The normalized spacial score (nSPS) is 15.8. The van der Waals surface area contributed by atoms with Crippen molar-refractivity contribution in [1.29, 1.82) is 0 Å². The average molecular weight is 925 g/mol. The fourth-order valence-electron chi connectivity index (χ4n) is 7.09. The molecule has 0 saturated carbocycles. The van der Waals surface area contributed by atoms with Crippen LogP contribution in [-0.2, 0) is 9.59 Å². The number of amides is 2. The first-order valence-corrected chi connectivity index (χ1v) is 21.1. The van der Waals surface area contributed by atoms with Gasteiger partial charge in [-0.15, -0.1) is 0 Å². The summed E-state index contributed by atoms with van der Waals surface area (Å²) < 4.78 is 14.4. The van der Waals surface area contributed by atoms with Gasteiger partial charge in [-0.25, -0.2) is 19.9 Å². The highest BCUT2D eigenvalue weighted by atomic mass is 79.9. The third kappa shape index (κ3) is 9.57. The number of fused-ring (bicyclic) bond motifs is 2. The molecule has 2 fully saturated rings. The van der Waals surface area contributed by atoms with Crippen molar-refractivity contribution in [2.24, 2.45) is 0 Å². The molecule has 4 heterocycles. The molecule has 304 valence electrons. The maximum Gasteiger partial charge on any atom is 0.269 e. The summed E-state index contributed by atoms with van der Waals surface area (Å²) in [4.78, 5) is 55.0. The standard InChI is InChI=1S/C43H44Br2N10O4/c1-26-34-24-30(8-14-36(34)51-42(47-26)54-18-16-46-17-19-54)49-40(56)38(58-32-10-4-28(44)5-11-32)39(59-33-12-6-29(45)7-13-33)41(57)50-31-9-15-37-35(25-31)27(2)48-43(52-37)55-22-20-53(3)21-23-55/h4-15,24-25,38-39,46H,16-23H2,1-3H3,(H,49,56)(H,50,57). The van der Waals surface area contributed by atoms with E-state index in [2.05, 4.69) is 69.6 Å². The van der Waals surface area contributed by atoms with Crippen LogP contribution >= 0.6 is 31.9 Å². The lowest BCUT2D eigenvalue weighted by Gasteiger charge is -2.32. The van der Waals surface area contributed by atoms with E-state index < -0.39 is 24.0 Å². The predicted octanol–water partition coefficient (Wildman–Crippen LogP) is 6.35. The van der Waals surface area contributed by atoms with Crippen LogP contribution in [0.15, 0.2) is 93.9 Å². The zero-order valence-corrected chi connectivity index (χ0v) is 36.1. The maximum atomic E-state index is 14.5. The molecule has 59 heavy (non-hydrogen) atoms. The summed E-state index contributed by atoms with van der Waals surface area (Å²) in [7, 11) is 2.11. The predicted molar refractivity (Wildman–Crippen MR) is 238 cm³/mol. The van der Waals surface area contributed by atoms with Crippen LogP contribution in [0, 0.1) is 13.8 Å². The average Bonchev–Trinajstić information content (AvgIpc) is 3.24. The van der Waals surface area contributed by atoms with Crippen molar-refractivity contribution in [3.05, 3.63) is 105 Å². The molecule has 4 aromatic carbocycles. The van der Waals surface area contributed by atoms with E-state index in [1.807, 2.05) is 38.1 Å². The van der Waals surface area contributed by atoms with Crippen LogP contribution < -0.4 is 35.2 Å². The van der Waals surface area contributed by atoms with E-state index in [0.29, 0.717) is 34.8 Å². The van der Waals surface area contributed by atoms with Crippen LogP contribution in [0.1, 0.15) is 11.4 Å². The zero-order valence-electron chi connectivity index (χ0n) is 32.9. The molecule has 3 N–H and O–H groups in total. The molecule has 16 heteroatoms. The van der Waals surface area contributed by atoms with Gasteiger partial charge in [0.05, 0.1) is 22.4 Å². The number of hydrogen-bond donors (Lipinski definition) is 3. The Labute approximate surface area is 359 Å². The summed E-state index contributed by atoms with van der Waals surface area (Å²) in [5, 5.41) is 10.9. The van der Waals surface area contributed by atoms with Gasteiger partial charge in [0.25, 0.3) is 11.8 Å². The Morgan fingerprint density at radius 1 is 0.610 bits per heavy atom. The van der Waals surface area contributed by atoms with Crippen LogP contribution in [-0.4, -0.2) is 108 Å². The van der Waals surface area contributed by atoms with Crippen molar-refractivity contribution in [2.75, 3.05) is 79.8 Å². The Kier molecular flexibility index (Phi) is 12.2. The van der Waals surface area contributed by atoms with Crippen molar-refractivity contribution in [2.45, 2.75) is 26.1 Å². The third-order valence-corrected chi connectivity index (χ3v) is 11.5. The number of hydrogen-bond acceptors (Lipinski definition) is 12. The van der Waals surface area contributed by atoms with Gasteiger partial charge in [0, 0.05) is 83.5 Å². The van der Waals surface area contributed by atoms with Crippen LogP contribution in [0.3, 0.4) is 0 Å². The Bertz CT molecular complexity index is 2480. The fourth-order valence-corrected chi connectivity index (χ4v) is 7.62. The number of nitrogens with one attached hydrogen (secondary N) is 3. The minimum absolute atomic E-state index is 0.364. The number of aryl methyl sites for hydroxylation is 2. The number of ether oxygens (including phenoxy) is 2. The summed E-state index contributed by atoms with van der Waals surface area (Å²) in [6.07, 6.45) is -2.92. The fraction of sp³-hybridized carbons (Fsp3) is 0.302. The molecular weight excluding hydrogens is 880 g/mol. The van der Waals surface area contributed by atoms with Crippen molar-refractivity contribution in [1.82, 2.24) is 30.2 Å². The molecule has 2 saturated heterocycles. The van der Waals surface area contributed by atoms with Gasteiger partial charge in [0.1, 0.15) is 11.5 Å². The molecule has 6 aromatic rings. The van der Waals surface area contributed by atoms with Gasteiger partial charge in [-0.1, -0.05) is 31.9 Å². The first kappa shape index (κ1) is 40.4. The SMILES string of the molecule is Cc1nc(N2CCNCC2)nc2ccc(NC(=O)C(Oc3ccc(Br)cc3)C(Oc3ccc(Br)cc3)C(=O)Nc3ccc4nc(N5CCN(C)CC5)nc(C)c4c3)cc12. The van der Waals surface area contributed by atoms with Crippen molar-refractivity contribution >= 4 is 88.8 Å². The lowest BCUT2D eigenvalue weighted by atomic mass is 10.1. The number of rotatable bonds is 11. The van der Waals surface area contributed by atoms with E-state index in [9.17, 15) is 9.59 Å². The number of carbonyl (C=O) groups excluding carboxylic acids is 2. The van der Waals surface area contributed by atoms with Gasteiger partial charge in [0.15, 0.2) is 0 Å². The monoisotopic (exact) mass is 922 g/mol. The molecule has 0 aliphatic carbocycles. The van der Waals surface area contributed by atoms with Crippen LogP contribution in [0.2, 0.25) is 0 Å². The van der Waals surface area contributed by atoms with Gasteiger partial charge >= 0.3 is 0 Å². The summed E-state index contributed by atoms with van der Waals surface area (Å²) in [6, 6.07) is 25.0. The summed E-state index contributed by atoms with van der Waals surface area (Å²) >= 11 is 6.94. The first-order valence-electron chi connectivity index (χ1n) is 19.5. The number of nitrogens with zero attached hydrogens (tertiary/aromatic N) is 7. The summed E-state index contributed by atoms with van der Waals surface area (Å²) in [5.41, 5.74) is 4.06. The highest BCUT2D eigenvalue weighted by Gasteiger charge is 2.39. The second-order valence-corrected chi connectivity index (χ2v) is 16.5. The lowest BCUT2D eigenvalue weighted by molar-refractivity contribution is -0.136. The molecule has 2 aliphatic rings. The lowest BCUT2D eigenvalue weighted by Crippen LogP contribution is -2.51. The molecule has 14 nitrogen and oxygen atoms in total. The number of carbonyl (C=O) groups is 2. The Morgan fingerprint density at radius 3 is 1.47 bits per heavy atom. The highest BCUT2D eigenvalue weighted by Crippen LogP contribution is 2.28. The van der Waals surface area contributed by atoms with E-state index >= 15 is 0 Å². The largest absolute Gasteiger partial charge is 0.476 e. The molecular formula is C43H44Br2N10O4. The van der Waals surface area contributed by atoms with Crippen LogP contribution in [0.25, 0.3) is 21.8 Å². The van der Waals surface area contributed by atoms with Gasteiger partial charge in [-0.3, -0.25) is 9.59 Å². The Hall–Kier alpha value is -5.42. The molecule has 0 spiro atoms. The van der Waals surface area contributed by atoms with Gasteiger partial charge in [-0.05, 0) is 106 Å². The summed E-state index contributed by atoms with van der Waals surface area (Å²) in [6.45, 7) is 10.8. The van der Waals surface area contributed by atoms with E-state index in [0.717, 1.165) is 94.5 Å². The quantitative estimate of drug-likeness (QED) is 0.133. The maximum absolute atomic E-state index is 14.5. The molecule has 2 amide bonds. The smallest absolute Gasteiger partial charge is 0.269 e. The van der Waals surface area contributed by atoms with E-state index in [-0.39, 0.29) is 0 Å². The molecule has 2 atom stereocenters. The highest BCUT2D eigenvalue weighted by molar-refractivity contribution is 9.10. The molecule has 8 rings (SSSR count). The number of benzene rings is 4. The molecule has 2 unspecified atom stereocenters. The number of likely N-dealkylation sites (N-methyl/N-ethyl adjacent to an activating group) is 1.